The minimum Gasteiger partial charge on any atom is -0.378 e. The van der Waals surface area contributed by atoms with Crippen LogP contribution in [0.3, 0.4) is 0 Å². The van der Waals surface area contributed by atoms with Gasteiger partial charge in [0.25, 0.3) is 0 Å². The lowest BCUT2D eigenvalue weighted by atomic mass is 10.1. The highest BCUT2D eigenvalue weighted by Crippen LogP contribution is 2.26. The molecule has 5 nitrogen and oxygen atoms in total. The van der Waals surface area contributed by atoms with E-state index in [2.05, 4.69) is 32.5 Å². The third-order valence-electron chi connectivity index (χ3n) is 4.52. The number of hydrogen-bond donors (Lipinski definition) is 1. The standard InChI is InChI=1S/C20H21ClN4O/c21-18-7-5-16(6-8-18)19-4-2-10-23-25(19)15-17-3-1-9-22-20(17)24-11-13-26-14-12-24/h1-10,23H,11-15H2. The van der Waals surface area contributed by atoms with Crippen LogP contribution in [0.2, 0.25) is 5.02 Å². The summed E-state index contributed by atoms with van der Waals surface area (Å²) in [6.45, 7) is 3.95. The molecular formula is C20H21ClN4O. The maximum absolute atomic E-state index is 6.04. The van der Waals surface area contributed by atoms with Gasteiger partial charge in [-0.25, -0.2) is 4.98 Å². The normalized spacial score (nSPS) is 17.0. The summed E-state index contributed by atoms with van der Waals surface area (Å²) in [4.78, 5) is 6.93. The Hall–Kier alpha value is -2.50. The Morgan fingerprint density at radius 2 is 1.92 bits per heavy atom. The number of morpholine rings is 1. The third-order valence-corrected chi connectivity index (χ3v) is 4.77. The number of hydrazine groups is 1. The highest BCUT2D eigenvalue weighted by Gasteiger charge is 2.19. The minimum atomic E-state index is 0.708. The summed E-state index contributed by atoms with van der Waals surface area (Å²) in [5, 5.41) is 2.87. The molecule has 0 aliphatic carbocycles. The lowest BCUT2D eigenvalue weighted by Crippen LogP contribution is -2.39. The van der Waals surface area contributed by atoms with E-state index in [1.807, 2.05) is 48.8 Å². The molecule has 0 radical (unpaired) electrons. The highest BCUT2D eigenvalue weighted by atomic mass is 35.5. The van der Waals surface area contributed by atoms with Gasteiger partial charge in [-0.3, -0.25) is 5.01 Å². The summed E-state index contributed by atoms with van der Waals surface area (Å²) in [7, 11) is 0. The van der Waals surface area contributed by atoms with Gasteiger partial charge in [0.05, 0.1) is 25.5 Å². The van der Waals surface area contributed by atoms with Crippen LogP contribution in [0, 0.1) is 0 Å². The van der Waals surface area contributed by atoms with Crippen molar-refractivity contribution in [1.29, 1.82) is 0 Å². The topological polar surface area (TPSA) is 40.6 Å². The monoisotopic (exact) mass is 368 g/mol. The molecule has 1 saturated heterocycles. The van der Waals surface area contributed by atoms with Crippen molar-refractivity contribution in [3.63, 3.8) is 0 Å². The van der Waals surface area contributed by atoms with Crippen LogP contribution in [0.25, 0.3) is 5.70 Å². The van der Waals surface area contributed by atoms with Crippen molar-refractivity contribution in [2.45, 2.75) is 6.54 Å². The van der Waals surface area contributed by atoms with Gasteiger partial charge in [0.15, 0.2) is 0 Å². The van der Waals surface area contributed by atoms with E-state index in [9.17, 15) is 0 Å². The van der Waals surface area contributed by atoms with E-state index >= 15 is 0 Å². The van der Waals surface area contributed by atoms with Gasteiger partial charge in [0.2, 0.25) is 0 Å². The van der Waals surface area contributed by atoms with Crippen molar-refractivity contribution in [3.8, 4) is 0 Å². The quantitative estimate of drug-likeness (QED) is 0.895. The molecule has 2 aliphatic rings. The number of pyridine rings is 1. The number of anilines is 1. The fourth-order valence-corrected chi connectivity index (χ4v) is 3.35. The van der Waals surface area contributed by atoms with Crippen LogP contribution in [0.4, 0.5) is 5.82 Å². The zero-order valence-corrected chi connectivity index (χ0v) is 15.2. The molecule has 0 spiro atoms. The summed E-state index contributed by atoms with van der Waals surface area (Å²) < 4.78 is 5.47. The second-order valence-electron chi connectivity index (χ2n) is 6.22. The van der Waals surface area contributed by atoms with E-state index in [0.29, 0.717) is 6.54 Å². The van der Waals surface area contributed by atoms with Crippen molar-refractivity contribution in [1.82, 2.24) is 15.4 Å². The first-order chi connectivity index (χ1) is 12.8. The molecule has 1 aromatic heterocycles. The van der Waals surface area contributed by atoms with E-state index in [1.54, 1.807) is 0 Å². The van der Waals surface area contributed by atoms with Crippen molar-refractivity contribution >= 4 is 23.1 Å². The molecule has 1 fully saturated rings. The molecular weight excluding hydrogens is 348 g/mol. The van der Waals surface area contributed by atoms with Gasteiger partial charge in [0.1, 0.15) is 5.82 Å². The molecule has 4 rings (SSSR count). The number of halogens is 1. The maximum atomic E-state index is 6.04. The van der Waals surface area contributed by atoms with Crippen LogP contribution in [0.15, 0.2) is 60.9 Å². The highest BCUT2D eigenvalue weighted by molar-refractivity contribution is 6.30. The number of allylic oxidation sites excluding steroid dienone is 2. The summed E-state index contributed by atoms with van der Waals surface area (Å²) in [5.41, 5.74) is 6.73. The van der Waals surface area contributed by atoms with Gasteiger partial charge in [-0.1, -0.05) is 29.8 Å². The Labute approximate surface area is 158 Å². The number of nitrogens with one attached hydrogen (secondary N) is 1. The lowest BCUT2D eigenvalue weighted by molar-refractivity contribution is 0.122. The summed E-state index contributed by atoms with van der Waals surface area (Å²) >= 11 is 6.04. The molecule has 0 atom stereocenters. The van der Waals surface area contributed by atoms with Gasteiger partial charge < -0.3 is 15.1 Å². The molecule has 0 amide bonds. The van der Waals surface area contributed by atoms with E-state index in [0.717, 1.165) is 48.4 Å². The fourth-order valence-electron chi connectivity index (χ4n) is 3.22. The molecule has 3 heterocycles. The molecule has 0 saturated carbocycles. The minimum absolute atomic E-state index is 0.708. The van der Waals surface area contributed by atoms with Crippen LogP contribution in [-0.2, 0) is 11.3 Å². The van der Waals surface area contributed by atoms with Crippen LogP contribution >= 0.6 is 11.6 Å². The Balaban J connectivity index is 1.59. The fraction of sp³-hybridized carbons (Fsp3) is 0.250. The van der Waals surface area contributed by atoms with Crippen molar-refractivity contribution in [3.05, 3.63) is 77.1 Å². The number of aromatic nitrogens is 1. The Morgan fingerprint density at radius 3 is 2.73 bits per heavy atom. The Morgan fingerprint density at radius 1 is 1.12 bits per heavy atom. The molecule has 2 aliphatic heterocycles. The molecule has 0 unspecified atom stereocenters. The summed E-state index contributed by atoms with van der Waals surface area (Å²) in [6.07, 6.45) is 7.90. The molecule has 2 aromatic rings. The zero-order valence-electron chi connectivity index (χ0n) is 14.4. The van der Waals surface area contributed by atoms with Crippen LogP contribution in [-0.4, -0.2) is 36.3 Å². The average Bonchev–Trinajstić information content (AvgIpc) is 2.70. The molecule has 1 N–H and O–H groups in total. The predicted octanol–water partition coefficient (Wildman–Crippen LogP) is 3.45. The Kier molecular flexibility index (Phi) is 5.09. The number of ether oxygens (including phenoxy) is 1. The first kappa shape index (κ1) is 16.9. The largest absolute Gasteiger partial charge is 0.378 e. The first-order valence-electron chi connectivity index (χ1n) is 8.74. The first-order valence-corrected chi connectivity index (χ1v) is 9.12. The number of rotatable bonds is 4. The predicted molar refractivity (Wildman–Crippen MR) is 105 cm³/mol. The lowest BCUT2D eigenvalue weighted by Gasteiger charge is -2.33. The van der Waals surface area contributed by atoms with Gasteiger partial charge in [0, 0.05) is 36.1 Å². The molecule has 6 heteroatoms. The summed E-state index contributed by atoms with van der Waals surface area (Å²) in [6, 6.07) is 12.0. The van der Waals surface area contributed by atoms with Crippen molar-refractivity contribution < 1.29 is 4.74 Å². The number of benzene rings is 1. The van der Waals surface area contributed by atoms with Crippen LogP contribution in [0.5, 0.6) is 0 Å². The van der Waals surface area contributed by atoms with Crippen molar-refractivity contribution in [2.75, 3.05) is 31.2 Å². The van der Waals surface area contributed by atoms with E-state index in [-0.39, 0.29) is 0 Å². The van der Waals surface area contributed by atoms with Gasteiger partial charge in [-0.2, -0.15) is 0 Å². The maximum Gasteiger partial charge on any atom is 0.133 e. The number of hydrogen-bond acceptors (Lipinski definition) is 5. The van der Waals surface area contributed by atoms with E-state index in [1.165, 1.54) is 5.56 Å². The van der Waals surface area contributed by atoms with Gasteiger partial charge >= 0.3 is 0 Å². The van der Waals surface area contributed by atoms with E-state index < -0.39 is 0 Å². The van der Waals surface area contributed by atoms with E-state index in [4.69, 9.17) is 16.3 Å². The van der Waals surface area contributed by atoms with Gasteiger partial charge in [-0.15, -0.1) is 0 Å². The third kappa shape index (κ3) is 3.69. The second kappa shape index (κ2) is 7.81. The van der Waals surface area contributed by atoms with Crippen LogP contribution < -0.4 is 10.3 Å². The molecule has 26 heavy (non-hydrogen) atoms. The molecule has 134 valence electrons. The number of nitrogens with zero attached hydrogens (tertiary/aromatic N) is 3. The van der Waals surface area contributed by atoms with Crippen LogP contribution in [0.1, 0.15) is 11.1 Å². The zero-order chi connectivity index (χ0) is 17.8. The Bertz CT molecular complexity index is 813. The van der Waals surface area contributed by atoms with Gasteiger partial charge in [-0.05, 0) is 35.9 Å². The molecule has 0 bridgehead atoms. The summed E-state index contributed by atoms with van der Waals surface area (Å²) in [5.74, 6) is 1.03. The van der Waals surface area contributed by atoms with Crippen molar-refractivity contribution in [2.24, 2.45) is 0 Å². The average molecular weight is 369 g/mol. The second-order valence-corrected chi connectivity index (χ2v) is 6.66. The molecule has 1 aromatic carbocycles. The SMILES string of the molecule is Clc1ccc(C2=CC=CNN2Cc2cccnc2N2CCOCC2)cc1. The smallest absolute Gasteiger partial charge is 0.133 e.